The van der Waals surface area contributed by atoms with E-state index in [2.05, 4.69) is 41.5 Å². The first-order valence-corrected chi connectivity index (χ1v) is 17.4. The van der Waals surface area contributed by atoms with Crippen LogP contribution in [-0.2, 0) is 20.8 Å². The molecule has 20 nitrogen and oxygen atoms in total. The van der Waals surface area contributed by atoms with Gasteiger partial charge in [0.15, 0.2) is 5.96 Å². The molecule has 56 heavy (non-hydrogen) atoms. The normalized spacial score (nSPS) is 17.5. The van der Waals surface area contributed by atoms with Crippen molar-refractivity contribution in [2.75, 3.05) is 37.3 Å². The predicted molar refractivity (Wildman–Crippen MR) is 207 cm³/mol. The second kappa shape index (κ2) is 18.2. The highest BCUT2D eigenvalue weighted by Gasteiger charge is 2.28. The van der Waals surface area contributed by atoms with Crippen molar-refractivity contribution in [1.82, 2.24) is 31.2 Å². The number of hydrogen-bond donors (Lipinski definition) is 11. The molecular weight excluding hydrogens is 728 g/mol. The summed E-state index contributed by atoms with van der Waals surface area (Å²) in [6.07, 6.45) is 0.916. The van der Waals surface area contributed by atoms with Gasteiger partial charge < -0.3 is 64.2 Å². The fourth-order valence-electron chi connectivity index (χ4n) is 5.64. The minimum Gasteiger partial charge on any atom is -0.491 e. The minimum atomic E-state index is -1.25. The summed E-state index contributed by atoms with van der Waals surface area (Å²) in [4.78, 5) is 98.0. The first-order chi connectivity index (χ1) is 26.7. The van der Waals surface area contributed by atoms with Gasteiger partial charge in [0.25, 0.3) is 11.8 Å². The number of anilines is 2. The molecule has 5 amide bonds. The smallest absolute Gasteiger partial charge is 0.314 e. The summed E-state index contributed by atoms with van der Waals surface area (Å²) in [5.41, 5.74) is 23.2. The zero-order valence-corrected chi connectivity index (χ0v) is 30.0. The summed E-state index contributed by atoms with van der Waals surface area (Å²) in [5, 5.41) is 13.3. The molecule has 0 aliphatic carbocycles. The average molecular weight is 771 g/mol. The molecule has 0 saturated carbocycles. The molecule has 0 bridgehead atoms. The van der Waals surface area contributed by atoms with E-state index in [1.807, 2.05) is 0 Å². The fraction of sp³-hybridized carbons (Fsp3) is 0.278. The Morgan fingerprint density at radius 1 is 0.875 bits per heavy atom. The second-order valence-electron chi connectivity index (χ2n) is 12.9. The number of H-pyrrole nitrogens is 2. The molecule has 1 aliphatic heterocycles. The zero-order chi connectivity index (χ0) is 40.4. The standard InChI is InChI=1S/C36H42N12O8/c37-20-6-3-18(4-7-20)12-27-33(53)45-22(2-1-11-41-36(39)40)17-56-28-10-8-21(14-23(28)31(51)42-15-24(38)32(52)48-27)44-29(49)16-43-30(50)19-5-9-25-26(13-19)47-35(55)34(54)46-25/h3-10,13-14,22,24,27H,1-2,11-12,15-17,37-38H2,(H,42,51)(H,43,50)(H,44,49)(H,45,53)(H,46,54)(H,47,55)(H,48,52)(H4,39,40,41)/t22-,24+,27-/m0/s1. The number of carbonyl (C=O) groups is 5. The number of nitrogens with two attached hydrogens (primary N) is 4. The monoisotopic (exact) mass is 770 g/mol. The average Bonchev–Trinajstić information content (AvgIpc) is 3.17. The summed E-state index contributed by atoms with van der Waals surface area (Å²) in [6.45, 7) is -0.617. The van der Waals surface area contributed by atoms with Gasteiger partial charge in [0, 0.05) is 36.4 Å². The molecule has 0 fully saturated rings. The fourth-order valence-corrected chi connectivity index (χ4v) is 5.64. The number of fused-ring (bicyclic) bond motifs is 2. The van der Waals surface area contributed by atoms with Crippen LogP contribution >= 0.6 is 0 Å². The van der Waals surface area contributed by atoms with Gasteiger partial charge in [0.05, 0.1) is 29.2 Å². The minimum absolute atomic E-state index is 0.0218. The van der Waals surface area contributed by atoms with Crippen molar-refractivity contribution in [2.45, 2.75) is 37.4 Å². The van der Waals surface area contributed by atoms with E-state index in [0.717, 1.165) is 5.56 Å². The van der Waals surface area contributed by atoms with Crippen LogP contribution < -0.4 is 65.4 Å². The molecule has 4 aromatic rings. The van der Waals surface area contributed by atoms with E-state index in [0.29, 0.717) is 24.0 Å². The van der Waals surface area contributed by atoms with Crippen molar-refractivity contribution in [3.05, 3.63) is 98.1 Å². The number of nitrogens with one attached hydrogen (secondary N) is 7. The Bertz CT molecular complexity index is 2270. The van der Waals surface area contributed by atoms with Crippen LogP contribution in [0, 0.1) is 0 Å². The lowest BCUT2D eigenvalue weighted by molar-refractivity contribution is -0.130. The van der Waals surface area contributed by atoms with Crippen LogP contribution in [0.4, 0.5) is 11.4 Å². The molecule has 20 heteroatoms. The van der Waals surface area contributed by atoms with Crippen LogP contribution in [0.3, 0.4) is 0 Å². The number of nitrogen functional groups attached to an aromatic ring is 1. The molecule has 1 aliphatic rings. The van der Waals surface area contributed by atoms with Crippen LogP contribution in [0.5, 0.6) is 5.75 Å². The lowest BCUT2D eigenvalue weighted by Crippen LogP contribution is -2.56. The summed E-state index contributed by atoms with van der Waals surface area (Å²) in [6, 6.07) is 12.4. The Morgan fingerprint density at radius 3 is 2.34 bits per heavy atom. The van der Waals surface area contributed by atoms with Gasteiger partial charge in [-0.25, -0.2) is 0 Å². The molecule has 15 N–H and O–H groups in total. The number of hydrogen-bond acceptors (Lipinski definition) is 11. The third kappa shape index (κ3) is 10.9. The molecular formula is C36H42N12O8. The number of benzene rings is 3. The van der Waals surface area contributed by atoms with E-state index < -0.39 is 65.3 Å². The molecule has 5 rings (SSSR count). The number of nitrogens with zero attached hydrogens (tertiary/aromatic N) is 1. The van der Waals surface area contributed by atoms with Crippen LogP contribution in [0.1, 0.15) is 39.1 Å². The van der Waals surface area contributed by atoms with Gasteiger partial charge in [-0.3, -0.25) is 38.6 Å². The summed E-state index contributed by atoms with van der Waals surface area (Å²) >= 11 is 0. The third-order valence-electron chi connectivity index (χ3n) is 8.57. The van der Waals surface area contributed by atoms with Crippen molar-refractivity contribution < 1.29 is 28.7 Å². The molecule has 0 unspecified atom stereocenters. The number of aromatic amines is 2. The van der Waals surface area contributed by atoms with E-state index in [4.69, 9.17) is 27.7 Å². The maximum absolute atomic E-state index is 13.7. The molecule has 2 heterocycles. The molecule has 294 valence electrons. The number of carbonyl (C=O) groups excluding carboxylic acids is 5. The molecule has 0 spiro atoms. The van der Waals surface area contributed by atoms with E-state index in [1.54, 1.807) is 24.3 Å². The van der Waals surface area contributed by atoms with Crippen molar-refractivity contribution in [3.8, 4) is 5.75 Å². The maximum Gasteiger partial charge on any atom is 0.314 e. The molecule has 3 aromatic carbocycles. The molecule has 0 radical (unpaired) electrons. The number of guanidine groups is 1. The molecule has 1 aromatic heterocycles. The summed E-state index contributed by atoms with van der Waals surface area (Å²) < 4.78 is 6.08. The topological polar surface area (TPSA) is 337 Å². The Kier molecular flexibility index (Phi) is 13.0. The van der Waals surface area contributed by atoms with Gasteiger partial charge in [-0.05, 0) is 66.9 Å². The van der Waals surface area contributed by atoms with Gasteiger partial charge in [0.1, 0.15) is 24.4 Å². The van der Waals surface area contributed by atoms with E-state index in [-0.39, 0.29) is 60.2 Å². The Hall–Kier alpha value is -7.22. The lowest BCUT2D eigenvalue weighted by atomic mass is 10.0. The number of rotatable bonds is 10. The van der Waals surface area contributed by atoms with Crippen LogP contribution in [0.15, 0.2) is 75.2 Å². The van der Waals surface area contributed by atoms with Gasteiger partial charge in [-0.2, -0.15) is 0 Å². The highest BCUT2D eigenvalue weighted by molar-refractivity contribution is 6.02. The maximum atomic E-state index is 13.7. The largest absolute Gasteiger partial charge is 0.491 e. The SMILES string of the molecule is NC(N)=NCCC[C@H]1COc2ccc(NC(=O)CNC(=O)c3ccc4[nH]c(=O)c(=O)[nH]c4c3)cc2C(=O)NC[C@@H](N)C(=O)N[C@@H](Cc2ccc(N)cc2)C(=O)N1. The Labute approximate surface area is 318 Å². The molecule has 3 atom stereocenters. The van der Waals surface area contributed by atoms with E-state index >= 15 is 0 Å². The third-order valence-corrected chi connectivity index (χ3v) is 8.57. The second-order valence-corrected chi connectivity index (χ2v) is 12.9. The predicted octanol–water partition coefficient (Wildman–Crippen LogP) is -2.12. The lowest BCUT2D eigenvalue weighted by Gasteiger charge is -2.26. The Morgan fingerprint density at radius 2 is 1.61 bits per heavy atom. The van der Waals surface area contributed by atoms with Crippen molar-refractivity contribution in [3.63, 3.8) is 0 Å². The Balaban J connectivity index is 1.31. The highest BCUT2D eigenvalue weighted by Crippen LogP contribution is 2.24. The van der Waals surface area contributed by atoms with Gasteiger partial charge in [-0.15, -0.1) is 0 Å². The van der Waals surface area contributed by atoms with Crippen molar-refractivity contribution in [1.29, 1.82) is 0 Å². The van der Waals surface area contributed by atoms with E-state index in [9.17, 15) is 33.6 Å². The number of aromatic nitrogens is 2. The zero-order valence-electron chi connectivity index (χ0n) is 30.0. The number of amides is 5. The van der Waals surface area contributed by atoms with Crippen LogP contribution in [0.25, 0.3) is 11.0 Å². The van der Waals surface area contributed by atoms with Gasteiger partial charge in [0.2, 0.25) is 17.7 Å². The summed E-state index contributed by atoms with van der Waals surface area (Å²) in [7, 11) is 0. The summed E-state index contributed by atoms with van der Waals surface area (Å²) in [5.74, 6) is -3.14. The number of ether oxygens (including phenoxy) is 1. The van der Waals surface area contributed by atoms with E-state index in [1.165, 1.54) is 36.4 Å². The van der Waals surface area contributed by atoms with Crippen LogP contribution in [-0.4, -0.2) is 89.8 Å². The van der Waals surface area contributed by atoms with Crippen molar-refractivity contribution >= 4 is 57.9 Å². The van der Waals surface area contributed by atoms with Crippen LogP contribution in [0.2, 0.25) is 0 Å². The highest BCUT2D eigenvalue weighted by atomic mass is 16.5. The number of aliphatic imine (C=N–C) groups is 1. The first kappa shape index (κ1) is 40.0. The van der Waals surface area contributed by atoms with Gasteiger partial charge >= 0.3 is 11.1 Å². The molecule has 0 saturated heterocycles. The van der Waals surface area contributed by atoms with Crippen molar-refractivity contribution in [2.24, 2.45) is 22.2 Å². The first-order valence-electron chi connectivity index (χ1n) is 17.4. The van der Waals surface area contributed by atoms with Gasteiger partial charge in [-0.1, -0.05) is 12.1 Å². The quantitative estimate of drug-likeness (QED) is 0.0271.